The van der Waals surface area contributed by atoms with E-state index in [1.165, 1.54) is 31.2 Å². The van der Waals surface area contributed by atoms with Crippen LogP contribution in [0.4, 0.5) is 0 Å². The van der Waals surface area contributed by atoms with Crippen molar-refractivity contribution >= 4 is 0 Å². The Labute approximate surface area is 85.5 Å². The van der Waals surface area contributed by atoms with Crippen molar-refractivity contribution in [2.45, 2.75) is 31.6 Å². The fraction of sp³-hybridized carbons (Fsp3) is 0.583. The molecular formula is C12H18N2. The van der Waals surface area contributed by atoms with Crippen LogP contribution < -0.4 is 5.73 Å². The summed E-state index contributed by atoms with van der Waals surface area (Å²) in [5.74, 6) is 1.36. The molecule has 76 valence electrons. The molecule has 1 heterocycles. The maximum absolute atomic E-state index is 5.86. The van der Waals surface area contributed by atoms with Crippen LogP contribution in [0.5, 0.6) is 0 Å². The van der Waals surface area contributed by atoms with Crippen molar-refractivity contribution in [3.63, 3.8) is 0 Å². The van der Waals surface area contributed by atoms with Gasteiger partial charge in [0.05, 0.1) is 0 Å². The van der Waals surface area contributed by atoms with E-state index >= 15 is 0 Å². The second-order valence-corrected chi connectivity index (χ2v) is 4.17. The van der Waals surface area contributed by atoms with Gasteiger partial charge in [-0.25, -0.2) is 0 Å². The fourth-order valence-electron chi connectivity index (χ4n) is 2.57. The molecule has 0 aromatic carbocycles. The normalized spacial score (nSPS) is 19.8. The van der Waals surface area contributed by atoms with Gasteiger partial charge in [0.1, 0.15) is 0 Å². The Hall–Kier alpha value is -0.890. The summed E-state index contributed by atoms with van der Waals surface area (Å²) in [6.45, 7) is 0.773. The fourth-order valence-corrected chi connectivity index (χ4v) is 2.57. The maximum Gasteiger partial charge on any atom is 0.0270 e. The van der Waals surface area contributed by atoms with Gasteiger partial charge in [0, 0.05) is 12.4 Å². The topological polar surface area (TPSA) is 38.9 Å². The number of rotatable bonds is 3. The van der Waals surface area contributed by atoms with Crippen LogP contribution in [0.1, 0.15) is 37.2 Å². The van der Waals surface area contributed by atoms with Gasteiger partial charge in [0.15, 0.2) is 0 Å². The molecule has 0 bridgehead atoms. The smallest absolute Gasteiger partial charge is 0.0270 e. The molecule has 1 saturated carbocycles. The quantitative estimate of drug-likeness (QED) is 0.794. The molecule has 0 spiro atoms. The minimum Gasteiger partial charge on any atom is -0.330 e. The Morgan fingerprint density at radius 2 is 1.93 bits per heavy atom. The first-order chi connectivity index (χ1) is 6.92. The summed E-state index contributed by atoms with van der Waals surface area (Å²) in [4.78, 5) is 4.05. The predicted octanol–water partition coefficient (Wildman–Crippen LogP) is 2.31. The van der Waals surface area contributed by atoms with Gasteiger partial charge in [-0.3, -0.25) is 4.98 Å². The lowest BCUT2D eigenvalue weighted by molar-refractivity contribution is 0.440. The minimum atomic E-state index is 0.556. The molecule has 1 aromatic heterocycles. The van der Waals surface area contributed by atoms with E-state index in [1.807, 2.05) is 12.4 Å². The number of nitrogens with two attached hydrogens (primary N) is 1. The van der Waals surface area contributed by atoms with Crippen LogP contribution in [0, 0.1) is 5.92 Å². The molecule has 2 nitrogen and oxygen atoms in total. The molecule has 1 atom stereocenters. The molecule has 1 aromatic rings. The molecule has 2 N–H and O–H groups in total. The summed E-state index contributed by atoms with van der Waals surface area (Å²) in [6, 6.07) is 4.21. The highest BCUT2D eigenvalue weighted by Crippen LogP contribution is 2.36. The Bertz CT molecular complexity index is 265. The minimum absolute atomic E-state index is 0.556. The number of aromatic nitrogens is 1. The molecule has 2 heteroatoms. The average molecular weight is 190 g/mol. The van der Waals surface area contributed by atoms with E-state index in [9.17, 15) is 0 Å². The number of hydrogen-bond acceptors (Lipinski definition) is 2. The first-order valence-electron chi connectivity index (χ1n) is 5.52. The molecule has 2 rings (SSSR count). The van der Waals surface area contributed by atoms with Crippen LogP contribution in [-0.4, -0.2) is 11.5 Å². The molecule has 1 aliphatic rings. The Morgan fingerprint density at radius 3 is 2.50 bits per heavy atom. The van der Waals surface area contributed by atoms with Gasteiger partial charge in [-0.2, -0.15) is 0 Å². The summed E-state index contributed by atoms with van der Waals surface area (Å²) >= 11 is 0. The summed E-state index contributed by atoms with van der Waals surface area (Å²) in [5.41, 5.74) is 7.23. The van der Waals surface area contributed by atoms with Crippen molar-refractivity contribution < 1.29 is 0 Å². The largest absolute Gasteiger partial charge is 0.330 e. The van der Waals surface area contributed by atoms with E-state index < -0.39 is 0 Å². The molecule has 14 heavy (non-hydrogen) atoms. The van der Waals surface area contributed by atoms with E-state index in [0.29, 0.717) is 5.92 Å². The Kier molecular flexibility index (Phi) is 3.14. The van der Waals surface area contributed by atoms with Crippen molar-refractivity contribution in [3.8, 4) is 0 Å². The zero-order chi connectivity index (χ0) is 9.80. The van der Waals surface area contributed by atoms with Crippen molar-refractivity contribution in [1.29, 1.82) is 0 Å². The molecule has 1 aliphatic carbocycles. The average Bonchev–Trinajstić information content (AvgIpc) is 2.74. The number of hydrogen-bond donors (Lipinski definition) is 1. The lowest BCUT2D eigenvalue weighted by Crippen LogP contribution is -2.19. The van der Waals surface area contributed by atoms with E-state index in [1.54, 1.807) is 0 Å². The summed E-state index contributed by atoms with van der Waals surface area (Å²) in [7, 11) is 0. The third kappa shape index (κ3) is 1.95. The van der Waals surface area contributed by atoms with Crippen molar-refractivity contribution in [2.75, 3.05) is 6.54 Å². The summed E-state index contributed by atoms with van der Waals surface area (Å²) < 4.78 is 0. The predicted molar refractivity (Wildman–Crippen MR) is 58.0 cm³/mol. The van der Waals surface area contributed by atoms with Crippen LogP contribution in [0.3, 0.4) is 0 Å². The Balaban J connectivity index is 2.12. The van der Waals surface area contributed by atoms with Crippen LogP contribution in [0.15, 0.2) is 24.5 Å². The standard InChI is InChI=1S/C12H18N2/c13-9-12(10-3-1-2-4-10)11-5-7-14-8-6-11/h5-8,10,12H,1-4,9,13H2. The molecule has 0 amide bonds. The van der Waals surface area contributed by atoms with Gasteiger partial charge in [-0.15, -0.1) is 0 Å². The lowest BCUT2D eigenvalue weighted by atomic mass is 9.85. The van der Waals surface area contributed by atoms with E-state index in [2.05, 4.69) is 17.1 Å². The third-order valence-corrected chi connectivity index (χ3v) is 3.36. The third-order valence-electron chi connectivity index (χ3n) is 3.36. The van der Waals surface area contributed by atoms with Crippen molar-refractivity contribution in [3.05, 3.63) is 30.1 Å². The van der Waals surface area contributed by atoms with E-state index in [4.69, 9.17) is 5.73 Å². The monoisotopic (exact) mass is 190 g/mol. The van der Waals surface area contributed by atoms with Gasteiger partial charge in [-0.05, 0) is 48.9 Å². The van der Waals surface area contributed by atoms with Crippen molar-refractivity contribution in [2.24, 2.45) is 11.7 Å². The van der Waals surface area contributed by atoms with Gasteiger partial charge < -0.3 is 5.73 Å². The highest BCUT2D eigenvalue weighted by Gasteiger charge is 2.24. The van der Waals surface area contributed by atoms with E-state index in [0.717, 1.165) is 12.5 Å². The Morgan fingerprint density at radius 1 is 1.29 bits per heavy atom. The molecule has 1 fully saturated rings. The van der Waals surface area contributed by atoms with E-state index in [-0.39, 0.29) is 0 Å². The van der Waals surface area contributed by atoms with Crippen molar-refractivity contribution in [1.82, 2.24) is 4.98 Å². The molecule has 0 saturated heterocycles. The molecular weight excluding hydrogens is 172 g/mol. The number of nitrogens with zero attached hydrogens (tertiary/aromatic N) is 1. The highest BCUT2D eigenvalue weighted by atomic mass is 14.6. The first kappa shape index (κ1) is 9.66. The highest BCUT2D eigenvalue weighted by molar-refractivity contribution is 5.17. The zero-order valence-electron chi connectivity index (χ0n) is 8.52. The lowest BCUT2D eigenvalue weighted by Gasteiger charge is -2.21. The molecule has 1 unspecified atom stereocenters. The summed E-state index contributed by atoms with van der Waals surface area (Å²) in [6.07, 6.45) is 9.20. The first-order valence-corrected chi connectivity index (χ1v) is 5.52. The SMILES string of the molecule is NCC(c1ccncc1)C1CCCC1. The van der Waals surface area contributed by atoms with Crippen LogP contribution in [0.2, 0.25) is 0 Å². The summed E-state index contributed by atoms with van der Waals surface area (Å²) in [5, 5.41) is 0. The number of pyridine rings is 1. The van der Waals surface area contributed by atoms with Crippen LogP contribution in [0.25, 0.3) is 0 Å². The van der Waals surface area contributed by atoms with Gasteiger partial charge >= 0.3 is 0 Å². The second-order valence-electron chi connectivity index (χ2n) is 4.17. The molecule has 0 radical (unpaired) electrons. The van der Waals surface area contributed by atoms with Gasteiger partial charge in [0.2, 0.25) is 0 Å². The van der Waals surface area contributed by atoms with Crippen LogP contribution >= 0.6 is 0 Å². The van der Waals surface area contributed by atoms with Gasteiger partial charge in [-0.1, -0.05) is 12.8 Å². The second kappa shape index (κ2) is 4.56. The zero-order valence-corrected chi connectivity index (χ0v) is 8.52. The maximum atomic E-state index is 5.86. The van der Waals surface area contributed by atoms with Gasteiger partial charge in [0.25, 0.3) is 0 Å². The molecule has 0 aliphatic heterocycles. The van der Waals surface area contributed by atoms with Crippen LogP contribution in [-0.2, 0) is 0 Å².